The fourth-order valence-electron chi connectivity index (χ4n) is 4.85. The molecular formula is C25H23F3N4O2. The highest BCUT2D eigenvalue weighted by atomic mass is 19.4. The lowest BCUT2D eigenvalue weighted by atomic mass is 9.77. The number of pyridine rings is 3. The van der Waals surface area contributed by atoms with E-state index in [2.05, 4.69) is 15.0 Å². The molecule has 2 aliphatic heterocycles. The number of halogens is 3. The first-order valence-electron chi connectivity index (χ1n) is 11.2. The molecule has 3 unspecified atom stereocenters. The second kappa shape index (κ2) is 8.70. The summed E-state index contributed by atoms with van der Waals surface area (Å²) in [6, 6.07) is 11.1. The van der Waals surface area contributed by atoms with Crippen molar-refractivity contribution in [3.8, 4) is 17.3 Å². The van der Waals surface area contributed by atoms with Crippen LogP contribution in [-0.4, -0.2) is 44.4 Å². The summed E-state index contributed by atoms with van der Waals surface area (Å²) in [5, 5.41) is 0. The second-order valence-corrected chi connectivity index (χ2v) is 8.81. The molecule has 2 bridgehead atoms. The molecule has 3 aliphatic rings. The number of rotatable bonds is 4. The Kier molecular flexibility index (Phi) is 5.71. The van der Waals surface area contributed by atoms with Gasteiger partial charge in [-0.25, -0.2) is 4.98 Å². The summed E-state index contributed by atoms with van der Waals surface area (Å²) in [4.78, 5) is 28.4. The van der Waals surface area contributed by atoms with Gasteiger partial charge >= 0.3 is 6.18 Å². The summed E-state index contributed by atoms with van der Waals surface area (Å²) in [6.45, 7) is 2.48. The molecule has 5 heterocycles. The van der Waals surface area contributed by atoms with Gasteiger partial charge in [0.25, 0.3) is 5.91 Å². The third-order valence-corrected chi connectivity index (χ3v) is 6.49. The number of aromatic nitrogens is 3. The Hall–Kier alpha value is -3.49. The normalized spacial score (nSPS) is 22.0. The van der Waals surface area contributed by atoms with E-state index < -0.39 is 11.7 Å². The van der Waals surface area contributed by atoms with Crippen LogP contribution in [0, 0.1) is 12.8 Å². The van der Waals surface area contributed by atoms with Gasteiger partial charge in [-0.05, 0) is 62.4 Å². The molecule has 34 heavy (non-hydrogen) atoms. The van der Waals surface area contributed by atoms with Gasteiger partial charge in [0.05, 0.1) is 22.9 Å². The summed E-state index contributed by atoms with van der Waals surface area (Å²) in [5.41, 5.74) is 1.60. The maximum atomic E-state index is 13.7. The van der Waals surface area contributed by atoms with Crippen LogP contribution in [0.2, 0.25) is 0 Å². The number of alkyl halides is 3. The summed E-state index contributed by atoms with van der Waals surface area (Å²) >= 11 is 0. The Bertz CT molecular complexity index is 1190. The van der Waals surface area contributed by atoms with Crippen molar-refractivity contribution in [1.29, 1.82) is 0 Å². The summed E-state index contributed by atoms with van der Waals surface area (Å²) in [5.74, 6) is 0.241. The lowest BCUT2D eigenvalue weighted by Crippen LogP contribution is -2.59. The molecule has 0 radical (unpaired) electrons. The van der Waals surface area contributed by atoms with Crippen LogP contribution >= 0.6 is 0 Å². The first-order valence-corrected chi connectivity index (χ1v) is 11.2. The van der Waals surface area contributed by atoms with Crippen molar-refractivity contribution >= 4 is 5.91 Å². The fraction of sp³-hybridized carbons (Fsp3) is 0.360. The van der Waals surface area contributed by atoms with Gasteiger partial charge in [0.1, 0.15) is 11.8 Å². The van der Waals surface area contributed by atoms with E-state index in [-0.39, 0.29) is 29.9 Å². The Balaban J connectivity index is 1.40. The number of amides is 1. The van der Waals surface area contributed by atoms with Gasteiger partial charge in [-0.3, -0.25) is 14.8 Å². The number of hydrogen-bond donors (Lipinski definition) is 0. The molecular weight excluding hydrogens is 445 g/mol. The van der Waals surface area contributed by atoms with E-state index in [1.807, 2.05) is 36.1 Å². The average Bonchev–Trinajstić information content (AvgIpc) is 2.84. The largest absolute Gasteiger partial charge is 0.472 e. The minimum atomic E-state index is -4.45. The van der Waals surface area contributed by atoms with Crippen LogP contribution < -0.4 is 4.74 Å². The van der Waals surface area contributed by atoms with Crippen molar-refractivity contribution in [1.82, 2.24) is 19.9 Å². The van der Waals surface area contributed by atoms with E-state index in [4.69, 9.17) is 4.74 Å². The van der Waals surface area contributed by atoms with Gasteiger partial charge < -0.3 is 9.64 Å². The van der Waals surface area contributed by atoms with Gasteiger partial charge in [-0.1, -0.05) is 6.07 Å². The van der Waals surface area contributed by atoms with E-state index in [1.54, 1.807) is 12.3 Å². The van der Waals surface area contributed by atoms with Crippen LogP contribution in [0.5, 0.6) is 5.88 Å². The smallest absolute Gasteiger partial charge is 0.417 e. The molecule has 0 N–H and O–H groups in total. The topological polar surface area (TPSA) is 68.2 Å². The van der Waals surface area contributed by atoms with Crippen LogP contribution in [0.3, 0.4) is 0 Å². The molecule has 3 aromatic rings. The van der Waals surface area contributed by atoms with E-state index in [1.165, 1.54) is 6.07 Å². The predicted octanol–water partition coefficient (Wildman–Crippen LogP) is 4.94. The van der Waals surface area contributed by atoms with E-state index in [0.29, 0.717) is 23.5 Å². The van der Waals surface area contributed by atoms with Crippen LogP contribution in [0.15, 0.2) is 54.9 Å². The number of carbonyl (C=O) groups excluding carboxylic acids is 1. The molecule has 1 amide bonds. The third kappa shape index (κ3) is 4.34. The van der Waals surface area contributed by atoms with Crippen LogP contribution in [-0.2, 0) is 6.18 Å². The molecule has 3 aromatic heterocycles. The van der Waals surface area contributed by atoms with Gasteiger partial charge in [0.2, 0.25) is 5.88 Å². The molecule has 3 fully saturated rings. The third-order valence-electron chi connectivity index (χ3n) is 6.49. The average molecular weight is 468 g/mol. The van der Waals surface area contributed by atoms with Crippen molar-refractivity contribution in [2.24, 2.45) is 5.92 Å². The van der Waals surface area contributed by atoms with Crippen LogP contribution in [0.1, 0.15) is 40.9 Å². The predicted molar refractivity (Wildman–Crippen MR) is 118 cm³/mol. The SMILES string of the molecule is Cc1ccc(C(=O)N2CC3CCC2C(Oc2ccc(C(F)(F)F)cn2)C3)c(-c2ccccn2)n1. The molecule has 6 nitrogen and oxygen atoms in total. The first kappa shape index (κ1) is 22.3. The van der Waals surface area contributed by atoms with E-state index >= 15 is 0 Å². The molecule has 1 saturated carbocycles. The van der Waals surface area contributed by atoms with Crippen molar-refractivity contribution in [3.05, 3.63) is 71.7 Å². The van der Waals surface area contributed by atoms with Gasteiger partial charge in [-0.2, -0.15) is 13.2 Å². The van der Waals surface area contributed by atoms with E-state index in [9.17, 15) is 18.0 Å². The van der Waals surface area contributed by atoms with Crippen LogP contribution in [0.25, 0.3) is 11.4 Å². The standard InChI is InChI=1S/C25H23F3N4O2/c1-15-5-8-18(23(31-15)19-4-2-3-11-29-19)24(33)32-14-16-6-9-20(32)21(12-16)34-22-10-7-17(13-30-22)25(26,27)28/h2-5,7-8,10-11,13,16,20-21H,6,9,12,14H2,1H3. The minimum Gasteiger partial charge on any atom is -0.472 e. The monoisotopic (exact) mass is 468 g/mol. The Morgan fingerprint density at radius 1 is 1.09 bits per heavy atom. The number of aryl methyl sites for hydroxylation is 1. The maximum absolute atomic E-state index is 13.7. The Morgan fingerprint density at radius 2 is 1.94 bits per heavy atom. The molecule has 0 aromatic carbocycles. The lowest BCUT2D eigenvalue weighted by Gasteiger charge is -2.49. The van der Waals surface area contributed by atoms with Gasteiger partial charge in [0, 0.05) is 30.7 Å². The molecule has 9 heteroatoms. The van der Waals surface area contributed by atoms with Gasteiger partial charge in [-0.15, -0.1) is 0 Å². The molecule has 3 atom stereocenters. The fourth-order valence-corrected chi connectivity index (χ4v) is 4.85. The highest BCUT2D eigenvalue weighted by molar-refractivity contribution is 6.00. The number of ether oxygens (including phenoxy) is 1. The highest BCUT2D eigenvalue weighted by Gasteiger charge is 2.45. The zero-order chi connectivity index (χ0) is 23.9. The zero-order valence-electron chi connectivity index (χ0n) is 18.5. The summed E-state index contributed by atoms with van der Waals surface area (Å²) in [6.07, 6.45) is 0.127. The lowest BCUT2D eigenvalue weighted by molar-refractivity contribution is -0.137. The number of fused-ring (bicyclic) bond motifs is 3. The quantitative estimate of drug-likeness (QED) is 0.543. The molecule has 1 aliphatic carbocycles. The molecule has 6 rings (SSSR count). The number of hydrogen-bond acceptors (Lipinski definition) is 5. The molecule has 0 spiro atoms. The van der Waals surface area contributed by atoms with Crippen molar-refractivity contribution in [3.63, 3.8) is 0 Å². The molecule has 2 saturated heterocycles. The summed E-state index contributed by atoms with van der Waals surface area (Å²) < 4.78 is 44.5. The zero-order valence-corrected chi connectivity index (χ0v) is 18.5. The highest BCUT2D eigenvalue weighted by Crippen LogP contribution is 2.39. The van der Waals surface area contributed by atoms with Crippen molar-refractivity contribution in [2.75, 3.05) is 6.54 Å². The van der Waals surface area contributed by atoms with E-state index in [0.717, 1.165) is 37.2 Å². The number of carbonyl (C=O) groups is 1. The minimum absolute atomic E-state index is 0.129. The Labute approximate surface area is 194 Å². The van der Waals surface area contributed by atoms with Gasteiger partial charge in [0.15, 0.2) is 0 Å². The summed E-state index contributed by atoms with van der Waals surface area (Å²) in [7, 11) is 0. The van der Waals surface area contributed by atoms with Crippen molar-refractivity contribution in [2.45, 2.75) is 44.5 Å². The number of piperidine rings is 2. The number of nitrogens with zero attached hydrogens (tertiary/aromatic N) is 4. The molecule has 176 valence electrons. The Morgan fingerprint density at radius 3 is 2.62 bits per heavy atom. The first-order chi connectivity index (χ1) is 16.3. The van der Waals surface area contributed by atoms with Crippen LogP contribution in [0.4, 0.5) is 13.2 Å². The maximum Gasteiger partial charge on any atom is 0.417 e. The van der Waals surface area contributed by atoms with Crippen molar-refractivity contribution < 1.29 is 22.7 Å². The second-order valence-electron chi connectivity index (χ2n) is 8.81.